The second-order valence-electron chi connectivity index (χ2n) is 10.3. The van der Waals surface area contributed by atoms with Gasteiger partial charge < -0.3 is 25.2 Å². The number of benzene rings is 1. The number of ether oxygens (including phenoxy) is 1. The maximum absolute atomic E-state index is 13.3. The molecule has 8 nitrogen and oxygen atoms in total. The first-order valence-electron chi connectivity index (χ1n) is 13.0. The molecule has 1 aromatic carbocycles. The number of phenolic OH excluding ortho intramolecular Hbond substituents is 1. The lowest BCUT2D eigenvalue weighted by Gasteiger charge is -2.34. The standard InChI is InChI=1S/C27H30F5N3O5/c28-26(29,27(30,31)32)15-34-25(39)20-4-3-19(36)12-22(20)35-9-6-16(7-10-35)14-40-23-11-18(5-8-33-23)21(13-24(37)38)17-1-2-17/h3-5,8,11-12,16-17,21,36H,1-2,6-7,9-10,13-15H2,(H,34,39)(H,37,38). The Labute approximate surface area is 227 Å². The van der Waals surface area contributed by atoms with Gasteiger partial charge in [0.1, 0.15) is 5.75 Å². The molecule has 2 aromatic rings. The minimum absolute atomic E-state index is 0.0480. The van der Waals surface area contributed by atoms with Gasteiger partial charge >= 0.3 is 18.1 Å². The molecule has 1 saturated carbocycles. The Hall–Kier alpha value is -3.64. The Morgan fingerprint density at radius 3 is 2.40 bits per heavy atom. The van der Waals surface area contributed by atoms with Gasteiger partial charge in [0.15, 0.2) is 0 Å². The predicted molar refractivity (Wildman–Crippen MR) is 134 cm³/mol. The van der Waals surface area contributed by atoms with Gasteiger partial charge in [0.05, 0.1) is 30.8 Å². The molecule has 2 fully saturated rings. The summed E-state index contributed by atoms with van der Waals surface area (Å²) >= 11 is 0. The summed E-state index contributed by atoms with van der Waals surface area (Å²) in [6, 6.07) is 7.20. The highest BCUT2D eigenvalue weighted by atomic mass is 19.4. The number of carboxylic acid groups (broad SMARTS) is 1. The number of carbonyl (C=O) groups is 2. The van der Waals surface area contributed by atoms with Gasteiger partial charge in [0, 0.05) is 31.4 Å². The number of rotatable bonds is 11. The number of anilines is 1. The Morgan fingerprint density at radius 1 is 1.07 bits per heavy atom. The molecule has 2 aliphatic rings. The van der Waals surface area contributed by atoms with Gasteiger partial charge in [-0.1, -0.05) is 0 Å². The lowest BCUT2D eigenvalue weighted by Crippen LogP contribution is -2.47. The van der Waals surface area contributed by atoms with E-state index in [1.54, 1.807) is 22.5 Å². The van der Waals surface area contributed by atoms with Crippen LogP contribution in [0, 0.1) is 11.8 Å². The number of nitrogens with one attached hydrogen (secondary N) is 1. The summed E-state index contributed by atoms with van der Waals surface area (Å²) in [6.07, 6.45) is -0.917. The van der Waals surface area contributed by atoms with E-state index in [4.69, 9.17) is 4.74 Å². The fourth-order valence-electron chi connectivity index (χ4n) is 4.88. The van der Waals surface area contributed by atoms with Gasteiger partial charge in [-0.05, 0) is 67.2 Å². The van der Waals surface area contributed by atoms with E-state index in [1.807, 2.05) is 6.07 Å². The van der Waals surface area contributed by atoms with Crippen molar-refractivity contribution in [3.8, 4) is 11.6 Å². The zero-order chi connectivity index (χ0) is 29.1. The molecule has 13 heteroatoms. The quantitative estimate of drug-likeness (QED) is 0.326. The molecule has 1 aliphatic carbocycles. The van der Waals surface area contributed by atoms with Crippen LogP contribution in [0.3, 0.4) is 0 Å². The van der Waals surface area contributed by atoms with Gasteiger partial charge in [-0.2, -0.15) is 22.0 Å². The number of aromatic nitrogens is 1. The van der Waals surface area contributed by atoms with Gasteiger partial charge in [-0.15, -0.1) is 0 Å². The molecule has 2 heterocycles. The SMILES string of the molecule is O=C(O)CC(c1ccnc(OCC2CCN(c3cc(O)ccc3C(=O)NCC(F)(F)C(F)(F)F)CC2)c1)C1CC1. The smallest absolute Gasteiger partial charge is 0.455 e. The normalized spacial score (nSPS) is 17.4. The van der Waals surface area contributed by atoms with Crippen LogP contribution < -0.4 is 15.0 Å². The van der Waals surface area contributed by atoms with Crippen LogP contribution in [-0.2, 0) is 4.79 Å². The van der Waals surface area contributed by atoms with E-state index in [2.05, 4.69) is 4.98 Å². The largest absolute Gasteiger partial charge is 0.508 e. The summed E-state index contributed by atoms with van der Waals surface area (Å²) < 4.78 is 69.9. The Morgan fingerprint density at radius 2 is 1.77 bits per heavy atom. The number of alkyl halides is 5. The third-order valence-corrected chi connectivity index (χ3v) is 7.31. The molecule has 40 heavy (non-hydrogen) atoms. The molecule has 1 amide bonds. The van der Waals surface area contributed by atoms with Gasteiger partial charge in [-0.25, -0.2) is 4.98 Å². The van der Waals surface area contributed by atoms with Gasteiger partial charge in [0.25, 0.3) is 5.91 Å². The van der Waals surface area contributed by atoms with Crippen molar-refractivity contribution in [1.29, 1.82) is 0 Å². The van der Waals surface area contributed by atoms with Crippen molar-refractivity contribution in [3.63, 3.8) is 0 Å². The molecule has 0 spiro atoms. The zero-order valence-corrected chi connectivity index (χ0v) is 21.5. The second kappa shape index (κ2) is 11.8. The first kappa shape index (κ1) is 29.3. The van der Waals surface area contributed by atoms with Crippen molar-refractivity contribution >= 4 is 17.6 Å². The first-order valence-corrected chi connectivity index (χ1v) is 13.0. The van der Waals surface area contributed by atoms with Crippen LogP contribution in [0.2, 0.25) is 0 Å². The van der Waals surface area contributed by atoms with Crippen LogP contribution in [0.15, 0.2) is 36.5 Å². The van der Waals surface area contributed by atoms with Crippen LogP contribution in [0.4, 0.5) is 27.6 Å². The molecular weight excluding hydrogens is 541 g/mol. The number of hydrogen-bond acceptors (Lipinski definition) is 6. The monoisotopic (exact) mass is 571 g/mol. The number of halogens is 5. The number of carbonyl (C=O) groups excluding carboxylic acids is 1. The number of aromatic hydroxyl groups is 1. The average molecular weight is 572 g/mol. The molecule has 1 unspecified atom stereocenters. The summed E-state index contributed by atoms with van der Waals surface area (Å²) in [4.78, 5) is 29.8. The van der Waals surface area contributed by atoms with E-state index in [-0.39, 0.29) is 35.3 Å². The number of aliphatic carboxylic acids is 1. The number of piperidine rings is 1. The van der Waals surface area contributed by atoms with Crippen LogP contribution in [-0.4, -0.2) is 65.4 Å². The maximum Gasteiger partial charge on any atom is 0.455 e. The van der Waals surface area contributed by atoms with Gasteiger partial charge in [-0.3, -0.25) is 9.59 Å². The molecule has 3 N–H and O–H groups in total. The van der Waals surface area contributed by atoms with Crippen LogP contribution in [0.25, 0.3) is 0 Å². The predicted octanol–water partition coefficient (Wildman–Crippen LogP) is 4.98. The molecule has 0 bridgehead atoms. The highest BCUT2D eigenvalue weighted by Crippen LogP contribution is 2.45. The summed E-state index contributed by atoms with van der Waals surface area (Å²) in [5.74, 6) is -6.45. The summed E-state index contributed by atoms with van der Waals surface area (Å²) in [5.41, 5.74) is 0.983. The van der Waals surface area contributed by atoms with Crippen molar-refractivity contribution in [3.05, 3.63) is 47.7 Å². The molecule has 0 radical (unpaired) electrons. The highest BCUT2D eigenvalue weighted by Gasteiger charge is 2.57. The molecular formula is C27H30F5N3O5. The van der Waals surface area contributed by atoms with E-state index < -0.39 is 30.5 Å². The van der Waals surface area contributed by atoms with Gasteiger partial charge in [0.2, 0.25) is 5.88 Å². The summed E-state index contributed by atoms with van der Waals surface area (Å²) in [5, 5.41) is 20.8. The maximum atomic E-state index is 13.3. The van der Waals surface area contributed by atoms with Crippen molar-refractivity contribution < 1.29 is 46.5 Å². The highest BCUT2D eigenvalue weighted by molar-refractivity contribution is 6.00. The average Bonchev–Trinajstić information content (AvgIpc) is 3.74. The number of hydrogen-bond donors (Lipinski definition) is 3. The zero-order valence-electron chi connectivity index (χ0n) is 21.5. The summed E-state index contributed by atoms with van der Waals surface area (Å²) in [6.45, 7) is -0.710. The first-order chi connectivity index (χ1) is 18.8. The second-order valence-corrected chi connectivity index (χ2v) is 10.3. The molecule has 1 aliphatic heterocycles. The molecule has 4 rings (SSSR count). The van der Waals surface area contributed by atoms with E-state index in [0.29, 0.717) is 44.3 Å². The fraction of sp³-hybridized carbons (Fsp3) is 0.519. The van der Waals surface area contributed by atoms with Crippen molar-refractivity contribution in [2.75, 3.05) is 31.1 Å². The number of amides is 1. The third-order valence-electron chi connectivity index (χ3n) is 7.31. The number of pyridine rings is 1. The van der Waals surface area contributed by atoms with Crippen molar-refractivity contribution in [1.82, 2.24) is 10.3 Å². The van der Waals surface area contributed by atoms with E-state index in [0.717, 1.165) is 24.5 Å². The molecule has 1 aromatic heterocycles. The van der Waals surface area contributed by atoms with Crippen LogP contribution in [0.5, 0.6) is 11.6 Å². The minimum Gasteiger partial charge on any atom is -0.508 e. The number of nitrogens with zero attached hydrogens (tertiary/aromatic N) is 2. The lowest BCUT2D eigenvalue weighted by atomic mass is 9.92. The topological polar surface area (TPSA) is 112 Å². The minimum atomic E-state index is -5.80. The van der Waals surface area contributed by atoms with Crippen LogP contribution >= 0.6 is 0 Å². The third kappa shape index (κ3) is 7.30. The van der Waals surface area contributed by atoms with Crippen molar-refractivity contribution in [2.24, 2.45) is 11.8 Å². The van der Waals surface area contributed by atoms with E-state index >= 15 is 0 Å². The summed E-state index contributed by atoms with van der Waals surface area (Å²) in [7, 11) is 0. The van der Waals surface area contributed by atoms with E-state index in [9.17, 15) is 41.8 Å². The van der Waals surface area contributed by atoms with Crippen LogP contribution in [0.1, 0.15) is 53.9 Å². The van der Waals surface area contributed by atoms with Crippen molar-refractivity contribution in [2.45, 2.75) is 50.1 Å². The Balaban J connectivity index is 1.34. The lowest BCUT2D eigenvalue weighted by molar-refractivity contribution is -0.278. The number of carboxylic acids is 1. The molecule has 1 atom stereocenters. The Kier molecular flexibility index (Phi) is 8.69. The Bertz CT molecular complexity index is 1210. The van der Waals surface area contributed by atoms with E-state index in [1.165, 1.54) is 12.1 Å². The number of phenols is 1. The molecule has 1 saturated heterocycles. The molecule has 218 valence electrons. The fourth-order valence-corrected chi connectivity index (χ4v) is 4.88.